The summed E-state index contributed by atoms with van der Waals surface area (Å²) >= 11 is 0. The maximum absolute atomic E-state index is 12.3. The van der Waals surface area contributed by atoms with E-state index in [4.69, 9.17) is 0 Å². The average molecular weight is 295 g/mol. The van der Waals surface area contributed by atoms with Crippen molar-refractivity contribution in [2.24, 2.45) is 5.92 Å². The third kappa shape index (κ3) is 3.92. The Balaban J connectivity index is 1.46. The number of carbonyl (C=O) groups excluding carboxylic acids is 1. The molecule has 1 aliphatic rings. The first-order valence-electron chi connectivity index (χ1n) is 7.74. The summed E-state index contributed by atoms with van der Waals surface area (Å²) in [5, 5.41) is 3.03. The van der Waals surface area contributed by atoms with Gasteiger partial charge in [0.2, 0.25) is 5.91 Å². The minimum Gasteiger partial charge on any atom is -0.352 e. The van der Waals surface area contributed by atoms with E-state index in [0.717, 1.165) is 31.6 Å². The van der Waals surface area contributed by atoms with Crippen molar-refractivity contribution in [1.82, 2.24) is 15.2 Å². The molecule has 1 aromatic heterocycles. The molecule has 2 heterocycles. The van der Waals surface area contributed by atoms with Gasteiger partial charge in [-0.05, 0) is 36.2 Å². The molecule has 1 amide bonds. The molecule has 0 bridgehead atoms. The highest BCUT2D eigenvalue weighted by molar-refractivity contribution is 5.79. The van der Waals surface area contributed by atoms with Gasteiger partial charge in [0.1, 0.15) is 0 Å². The fourth-order valence-electron chi connectivity index (χ4n) is 2.87. The molecule has 2 aromatic rings. The number of hydrogen-bond acceptors (Lipinski definition) is 3. The largest absolute Gasteiger partial charge is 0.352 e. The Morgan fingerprint density at radius 1 is 1.14 bits per heavy atom. The van der Waals surface area contributed by atoms with E-state index in [-0.39, 0.29) is 11.8 Å². The number of aromatic nitrogens is 1. The van der Waals surface area contributed by atoms with Gasteiger partial charge < -0.3 is 5.32 Å². The van der Waals surface area contributed by atoms with Crippen LogP contribution < -0.4 is 5.32 Å². The first kappa shape index (κ1) is 14.7. The van der Waals surface area contributed by atoms with Gasteiger partial charge in [-0.15, -0.1) is 0 Å². The van der Waals surface area contributed by atoms with Gasteiger partial charge in [0.15, 0.2) is 0 Å². The maximum atomic E-state index is 12.3. The summed E-state index contributed by atoms with van der Waals surface area (Å²) in [6.45, 7) is 3.34. The predicted octanol–water partition coefficient (Wildman–Crippen LogP) is 2.22. The second kappa shape index (κ2) is 7.18. The molecule has 22 heavy (non-hydrogen) atoms. The molecule has 1 unspecified atom stereocenters. The van der Waals surface area contributed by atoms with Gasteiger partial charge in [0.05, 0.1) is 5.92 Å². The fourth-order valence-corrected chi connectivity index (χ4v) is 2.87. The maximum Gasteiger partial charge on any atom is 0.224 e. The number of rotatable bonds is 5. The van der Waals surface area contributed by atoms with Gasteiger partial charge >= 0.3 is 0 Å². The SMILES string of the molecule is O=C(NCc1ccncc1)C1CCN(Cc2ccccc2)C1. The molecule has 0 radical (unpaired) electrons. The minimum atomic E-state index is 0.102. The normalized spacial score (nSPS) is 18.3. The fraction of sp³-hybridized carbons (Fsp3) is 0.333. The lowest BCUT2D eigenvalue weighted by molar-refractivity contribution is -0.124. The number of pyridine rings is 1. The van der Waals surface area contributed by atoms with Crippen LogP contribution in [0.25, 0.3) is 0 Å². The van der Waals surface area contributed by atoms with Crippen LogP contribution in [0, 0.1) is 5.92 Å². The van der Waals surface area contributed by atoms with E-state index < -0.39 is 0 Å². The Morgan fingerprint density at radius 3 is 2.68 bits per heavy atom. The summed E-state index contributed by atoms with van der Waals surface area (Å²) in [5.41, 5.74) is 2.39. The summed E-state index contributed by atoms with van der Waals surface area (Å²) in [5.74, 6) is 0.262. The first-order valence-corrected chi connectivity index (χ1v) is 7.74. The zero-order valence-electron chi connectivity index (χ0n) is 12.6. The van der Waals surface area contributed by atoms with Crippen LogP contribution in [0.4, 0.5) is 0 Å². The van der Waals surface area contributed by atoms with Crippen LogP contribution >= 0.6 is 0 Å². The van der Waals surface area contributed by atoms with Crippen molar-refractivity contribution in [3.63, 3.8) is 0 Å². The van der Waals surface area contributed by atoms with E-state index >= 15 is 0 Å². The van der Waals surface area contributed by atoms with E-state index in [9.17, 15) is 4.79 Å². The number of nitrogens with one attached hydrogen (secondary N) is 1. The van der Waals surface area contributed by atoms with E-state index in [0.29, 0.717) is 6.54 Å². The van der Waals surface area contributed by atoms with Crippen LogP contribution in [0.5, 0.6) is 0 Å². The van der Waals surface area contributed by atoms with E-state index in [1.165, 1.54) is 5.56 Å². The number of nitrogens with zero attached hydrogens (tertiary/aromatic N) is 2. The third-order valence-electron chi connectivity index (χ3n) is 4.11. The van der Waals surface area contributed by atoms with Gasteiger partial charge in [-0.25, -0.2) is 0 Å². The summed E-state index contributed by atoms with van der Waals surface area (Å²) in [6.07, 6.45) is 4.44. The standard InChI is InChI=1S/C18H21N3O/c22-18(20-12-15-6-9-19-10-7-15)17-8-11-21(14-17)13-16-4-2-1-3-5-16/h1-7,9-10,17H,8,11-14H2,(H,20,22). The van der Waals surface area contributed by atoms with E-state index in [1.54, 1.807) is 12.4 Å². The van der Waals surface area contributed by atoms with Gasteiger partial charge in [0, 0.05) is 32.0 Å². The molecule has 114 valence electrons. The molecule has 3 rings (SSSR count). The molecule has 0 saturated carbocycles. The molecule has 0 aliphatic carbocycles. The van der Waals surface area contributed by atoms with Crippen molar-refractivity contribution in [2.45, 2.75) is 19.5 Å². The quantitative estimate of drug-likeness (QED) is 0.920. The molecule has 0 spiro atoms. The molecule has 1 N–H and O–H groups in total. The van der Waals surface area contributed by atoms with Crippen molar-refractivity contribution < 1.29 is 4.79 Å². The second-order valence-corrected chi connectivity index (χ2v) is 5.78. The molecule has 1 saturated heterocycles. The zero-order valence-corrected chi connectivity index (χ0v) is 12.6. The van der Waals surface area contributed by atoms with Crippen molar-refractivity contribution >= 4 is 5.91 Å². The monoisotopic (exact) mass is 295 g/mol. The predicted molar refractivity (Wildman–Crippen MR) is 85.9 cm³/mol. The molecular formula is C18H21N3O. The Kier molecular flexibility index (Phi) is 4.81. The van der Waals surface area contributed by atoms with E-state index in [2.05, 4.69) is 39.5 Å². The lowest BCUT2D eigenvalue weighted by Gasteiger charge is -2.16. The van der Waals surface area contributed by atoms with Gasteiger partial charge in [-0.3, -0.25) is 14.7 Å². The summed E-state index contributed by atoms with van der Waals surface area (Å²) < 4.78 is 0. The second-order valence-electron chi connectivity index (χ2n) is 5.78. The summed E-state index contributed by atoms with van der Waals surface area (Å²) in [4.78, 5) is 18.6. The van der Waals surface area contributed by atoms with Crippen LogP contribution in [0.15, 0.2) is 54.9 Å². The van der Waals surface area contributed by atoms with Crippen molar-refractivity contribution in [3.8, 4) is 0 Å². The molecular weight excluding hydrogens is 274 g/mol. The highest BCUT2D eigenvalue weighted by Gasteiger charge is 2.27. The minimum absolute atomic E-state index is 0.102. The smallest absolute Gasteiger partial charge is 0.224 e. The Bertz CT molecular complexity index is 600. The van der Waals surface area contributed by atoms with Crippen molar-refractivity contribution in [3.05, 3.63) is 66.0 Å². The van der Waals surface area contributed by atoms with Crippen LogP contribution in [0.3, 0.4) is 0 Å². The molecule has 1 aromatic carbocycles. The summed E-state index contributed by atoms with van der Waals surface area (Å²) in [6, 6.07) is 14.3. The Hall–Kier alpha value is -2.20. The van der Waals surface area contributed by atoms with Crippen LogP contribution in [0.1, 0.15) is 17.5 Å². The first-order chi connectivity index (χ1) is 10.8. The van der Waals surface area contributed by atoms with Gasteiger partial charge in [-0.2, -0.15) is 0 Å². The molecule has 1 atom stereocenters. The Morgan fingerprint density at radius 2 is 1.91 bits per heavy atom. The summed E-state index contributed by atoms with van der Waals surface area (Å²) in [7, 11) is 0. The number of amides is 1. The zero-order chi connectivity index (χ0) is 15.2. The molecule has 1 aliphatic heterocycles. The highest BCUT2D eigenvalue weighted by atomic mass is 16.1. The third-order valence-corrected chi connectivity index (χ3v) is 4.11. The highest BCUT2D eigenvalue weighted by Crippen LogP contribution is 2.19. The average Bonchev–Trinajstić information content (AvgIpc) is 3.03. The Labute approximate surface area is 131 Å². The molecule has 4 nitrogen and oxygen atoms in total. The molecule has 1 fully saturated rings. The number of carbonyl (C=O) groups is 1. The van der Waals surface area contributed by atoms with E-state index in [1.807, 2.05) is 18.2 Å². The molecule has 4 heteroatoms. The van der Waals surface area contributed by atoms with Crippen LogP contribution in [-0.4, -0.2) is 28.9 Å². The number of hydrogen-bond donors (Lipinski definition) is 1. The topological polar surface area (TPSA) is 45.2 Å². The number of benzene rings is 1. The lowest BCUT2D eigenvalue weighted by Crippen LogP contribution is -2.32. The van der Waals surface area contributed by atoms with Gasteiger partial charge in [-0.1, -0.05) is 30.3 Å². The van der Waals surface area contributed by atoms with Crippen LogP contribution in [-0.2, 0) is 17.9 Å². The van der Waals surface area contributed by atoms with Crippen LogP contribution in [0.2, 0.25) is 0 Å². The van der Waals surface area contributed by atoms with Gasteiger partial charge in [0.25, 0.3) is 0 Å². The number of likely N-dealkylation sites (tertiary alicyclic amines) is 1. The van der Waals surface area contributed by atoms with Crippen molar-refractivity contribution in [2.75, 3.05) is 13.1 Å². The van der Waals surface area contributed by atoms with Crippen molar-refractivity contribution in [1.29, 1.82) is 0 Å². The lowest BCUT2D eigenvalue weighted by atomic mass is 10.1.